The van der Waals surface area contributed by atoms with Gasteiger partial charge in [-0.2, -0.15) is 0 Å². The lowest BCUT2D eigenvalue weighted by molar-refractivity contribution is -0.139. The van der Waals surface area contributed by atoms with Crippen molar-refractivity contribution in [3.63, 3.8) is 0 Å². The molecule has 1 atom stereocenters. The minimum absolute atomic E-state index is 0.118. The van der Waals surface area contributed by atoms with Crippen LogP contribution >= 0.6 is 0 Å². The van der Waals surface area contributed by atoms with Crippen molar-refractivity contribution in [3.05, 3.63) is 0 Å². The number of carbonyl (C=O) groups is 2. The number of hydrogen-bond donors (Lipinski definition) is 3. The van der Waals surface area contributed by atoms with E-state index in [0.717, 1.165) is 12.8 Å². The van der Waals surface area contributed by atoms with Gasteiger partial charge in [0.15, 0.2) is 0 Å². The molecule has 6 heteroatoms. The molecular formula is C13H24N2O4. The third-order valence-corrected chi connectivity index (χ3v) is 3.94. The van der Waals surface area contributed by atoms with E-state index in [-0.39, 0.29) is 24.4 Å². The van der Waals surface area contributed by atoms with Crippen molar-refractivity contribution >= 4 is 12.0 Å². The Morgan fingerprint density at radius 3 is 2.37 bits per heavy atom. The number of nitrogens with one attached hydrogen (secondary N) is 2. The monoisotopic (exact) mass is 272 g/mol. The first kappa shape index (κ1) is 15.8. The lowest BCUT2D eigenvalue weighted by atomic mass is 9.92. The van der Waals surface area contributed by atoms with Gasteiger partial charge in [0.05, 0.1) is 12.5 Å². The number of carbonyl (C=O) groups excluding carboxylic acids is 1. The summed E-state index contributed by atoms with van der Waals surface area (Å²) in [5.41, 5.74) is 0.263. The Kier molecular flexibility index (Phi) is 5.60. The molecule has 0 spiro atoms. The van der Waals surface area contributed by atoms with E-state index >= 15 is 0 Å². The van der Waals surface area contributed by atoms with E-state index in [1.807, 2.05) is 0 Å². The molecule has 3 N–H and O–H groups in total. The van der Waals surface area contributed by atoms with Crippen LogP contribution in [0.5, 0.6) is 0 Å². The van der Waals surface area contributed by atoms with Gasteiger partial charge in [-0.05, 0) is 24.2 Å². The zero-order valence-corrected chi connectivity index (χ0v) is 11.9. The molecule has 0 heterocycles. The number of amides is 2. The van der Waals surface area contributed by atoms with Crippen molar-refractivity contribution < 1.29 is 19.4 Å². The molecule has 1 fully saturated rings. The lowest BCUT2D eigenvalue weighted by Gasteiger charge is -2.20. The summed E-state index contributed by atoms with van der Waals surface area (Å²) in [6, 6.07) is -0.264. The van der Waals surface area contributed by atoms with Gasteiger partial charge in [-0.15, -0.1) is 0 Å². The predicted molar refractivity (Wildman–Crippen MR) is 71.0 cm³/mol. The molecule has 0 aromatic carbocycles. The summed E-state index contributed by atoms with van der Waals surface area (Å²) in [4.78, 5) is 22.2. The first-order valence-corrected chi connectivity index (χ1v) is 6.66. The van der Waals surface area contributed by atoms with Gasteiger partial charge in [0.2, 0.25) is 0 Å². The summed E-state index contributed by atoms with van der Waals surface area (Å²) < 4.78 is 4.98. The quantitative estimate of drug-likeness (QED) is 0.620. The summed E-state index contributed by atoms with van der Waals surface area (Å²) in [5.74, 6) is -0.377. The minimum Gasteiger partial charge on any atom is -0.481 e. The van der Waals surface area contributed by atoms with Crippen LogP contribution in [0.1, 0.15) is 33.1 Å². The van der Waals surface area contributed by atoms with E-state index < -0.39 is 12.1 Å². The van der Waals surface area contributed by atoms with Crippen LogP contribution in [-0.2, 0) is 9.53 Å². The van der Waals surface area contributed by atoms with Gasteiger partial charge in [-0.3, -0.25) is 4.79 Å². The van der Waals surface area contributed by atoms with E-state index in [0.29, 0.717) is 12.5 Å². The van der Waals surface area contributed by atoms with Crippen molar-refractivity contribution in [1.29, 1.82) is 0 Å². The number of aliphatic carboxylic acids is 1. The normalized spacial score (nSPS) is 17.9. The fraction of sp³-hybridized carbons (Fsp3) is 0.846. The Hall–Kier alpha value is -1.30. The zero-order valence-electron chi connectivity index (χ0n) is 11.9. The number of carboxylic acids is 1. The number of methoxy groups -OCH3 is 1. The van der Waals surface area contributed by atoms with Gasteiger partial charge in [0.1, 0.15) is 0 Å². The van der Waals surface area contributed by atoms with Gasteiger partial charge in [-0.25, -0.2) is 4.79 Å². The van der Waals surface area contributed by atoms with Crippen LogP contribution in [-0.4, -0.2) is 43.4 Å². The molecule has 0 aromatic heterocycles. The van der Waals surface area contributed by atoms with Crippen molar-refractivity contribution in [2.75, 3.05) is 20.2 Å². The molecule has 1 aliphatic rings. The van der Waals surface area contributed by atoms with E-state index in [4.69, 9.17) is 9.84 Å². The summed E-state index contributed by atoms with van der Waals surface area (Å²) in [7, 11) is 1.44. The third kappa shape index (κ3) is 5.06. The highest BCUT2D eigenvalue weighted by molar-refractivity contribution is 5.74. The van der Waals surface area contributed by atoms with Crippen LogP contribution in [0.4, 0.5) is 4.79 Å². The van der Waals surface area contributed by atoms with Crippen molar-refractivity contribution in [2.24, 2.45) is 11.3 Å². The molecule has 110 valence electrons. The van der Waals surface area contributed by atoms with Gasteiger partial charge < -0.3 is 20.5 Å². The number of rotatable bonds is 8. The smallest absolute Gasteiger partial charge is 0.314 e. The van der Waals surface area contributed by atoms with Crippen LogP contribution in [0.25, 0.3) is 0 Å². The van der Waals surface area contributed by atoms with Crippen LogP contribution < -0.4 is 10.6 Å². The van der Waals surface area contributed by atoms with Gasteiger partial charge in [-0.1, -0.05) is 13.8 Å². The first-order chi connectivity index (χ1) is 8.89. The van der Waals surface area contributed by atoms with Crippen molar-refractivity contribution in [1.82, 2.24) is 10.6 Å². The standard InChI is InChI=1S/C13H24N2O4/c1-9(2)13(4-5-13)8-15-12(18)14-7-10(19-3)6-11(16)17/h9-10H,4-8H2,1-3H3,(H,16,17)(H2,14,15,18). The number of urea groups is 1. The predicted octanol–water partition coefficient (Wildman–Crippen LogP) is 1.21. The Morgan fingerprint density at radius 2 is 1.95 bits per heavy atom. The van der Waals surface area contributed by atoms with Gasteiger partial charge in [0.25, 0.3) is 0 Å². The Morgan fingerprint density at radius 1 is 1.32 bits per heavy atom. The van der Waals surface area contributed by atoms with E-state index in [1.54, 1.807) is 0 Å². The molecule has 0 saturated heterocycles. The summed E-state index contributed by atoms with van der Waals surface area (Å²) >= 11 is 0. The second-order valence-corrected chi connectivity index (χ2v) is 5.54. The maximum absolute atomic E-state index is 11.6. The molecule has 2 amide bonds. The molecule has 0 aromatic rings. The van der Waals surface area contributed by atoms with Crippen LogP contribution in [0.2, 0.25) is 0 Å². The molecule has 19 heavy (non-hydrogen) atoms. The fourth-order valence-corrected chi connectivity index (χ4v) is 2.08. The van der Waals surface area contributed by atoms with E-state index in [9.17, 15) is 9.59 Å². The highest BCUT2D eigenvalue weighted by Crippen LogP contribution is 2.51. The van der Waals surface area contributed by atoms with E-state index in [1.165, 1.54) is 7.11 Å². The molecular weight excluding hydrogens is 248 g/mol. The summed E-state index contributed by atoms with van der Waals surface area (Å²) in [6.07, 6.45) is 1.70. The second kappa shape index (κ2) is 6.75. The molecule has 1 aliphatic carbocycles. The molecule has 0 aliphatic heterocycles. The van der Waals surface area contributed by atoms with Crippen LogP contribution in [0.15, 0.2) is 0 Å². The molecule has 1 unspecified atom stereocenters. The maximum atomic E-state index is 11.6. The van der Waals surface area contributed by atoms with E-state index in [2.05, 4.69) is 24.5 Å². The topological polar surface area (TPSA) is 87.7 Å². The van der Waals surface area contributed by atoms with Gasteiger partial charge >= 0.3 is 12.0 Å². The first-order valence-electron chi connectivity index (χ1n) is 6.66. The largest absolute Gasteiger partial charge is 0.481 e. The molecule has 0 bridgehead atoms. The Labute approximate surface area is 113 Å². The number of hydrogen-bond acceptors (Lipinski definition) is 3. The fourth-order valence-electron chi connectivity index (χ4n) is 2.08. The average Bonchev–Trinajstić information content (AvgIpc) is 3.12. The SMILES string of the molecule is COC(CNC(=O)NCC1(C(C)C)CC1)CC(=O)O. The third-order valence-electron chi connectivity index (χ3n) is 3.94. The summed E-state index contributed by atoms with van der Waals surface area (Å²) in [5, 5.41) is 14.1. The molecule has 0 radical (unpaired) electrons. The molecule has 6 nitrogen and oxygen atoms in total. The van der Waals surface area contributed by atoms with Crippen LogP contribution in [0.3, 0.4) is 0 Å². The van der Waals surface area contributed by atoms with Crippen molar-refractivity contribution in [2.45, 2.75) is 39.2 Å². The minimum atomic E-state index is -0.939. The Bertz CT molecular complexity index is 327. The average molecular weight is 272 g/mol. The lowest BCUT2D eigenvalue weighted by Crippen LogP contribution is -2.43. The van der Waals surface area contributed by atoms with Gasteiger partial charge in [0, 0.05) is 20.2 Å². The highest BCUT2D eigenvalue weighted by atomic mass is 16.5. The maximum Gasteiger partial charge on any atom is 0.314 e. The molecule has 1 rings (SSSR count). The van der Waals surface area contributed by atoms with Crippen molar-refractivity contribution in [3.8, 4) is 0 Å². The number of ether oxygens (including phenoxy) is 1. The number of carboxylic acid groups (broad SMARTS) is 1. The van der Waals surface area contributed by atoms with Crippen LogP contribution in [0, 0.1) is 11.3 Å². The Balaban J connectivity index is 2.22. The second-order valence-electron chi connectivity index (χ2n) is 5.54. The molecule has 1 saturated carbocycles. The zero-order chi connectivity index (χ0) is 14.5. The highest BCUT2D eigenvalue weighted by Gasteiger charge is 2.45. The summed E-state index contributed by atoms with van der Waals surface area (Å²) in [6.45, 7) is 5.21.